The number of rotatable bonds is 7. The van der Waals surface area contributed by atoms with Crippen LogP contribution in [0.25, 0.3) is 0 Å². The van der Waals surface area contributed by atoms with Gasteiger partial charge in [0, 0.05) is 0 Å². The standard InChI is InChI=1S/C15H19NO3/c1-15(2,11-16)9-3-4-10-19-13-7-5-12(6-8-13)14(17)18/h5-8H,3-4,9-10H2,1-2H3,(H,17,18). The van der Waals surface area contributed by atoms with Crippen LogP contribution in [0.2, 0.25) is 0 Å². The third kappa shape index (κ3) is 5.43. The summed E-state index contributed by atoms with van der Waals surface area (Å²) in [5.74, 6) is -0.269. The first-order valence-corrected chi connectivity index (χ1v) is 6.32. The Hall–Kier alpha value is -2.02. The van der Waals surface area contributed by atoms with Gasteiger partial charge in [-0.2, -0.15) is 5.26 Å². The van der Waals surface area contributed by atoms with Gasteiger partial charge in [0.25, 0.3) is 0 Å². The van der Waals surface area contributed by atoms with E-state index in [1.54, 1.807) is 12.1 Å². The minimum atomic E-state index is -0.940. The van der Waals surface area contributed by atoms with Crippen molar-refractivity contribution >= 4 is 5.97 Å². The number of nitrogens with zero attached hydrogens (tertiary/aromatic N) is 1. The Labute approximate surface area is 113 Å². The number of carbonyl (C=O) groups is 1. The lowest BCUT2D eigenvalue weighted by molar-refractivity contribution is 0.0697. The molecule has 0 amide bonds. The first-order chi connectivity index (χ1) is 8.94. The molecule has 0 spiro atoms. The number of aromatic carboxylic acids is 1. The zero-order valence-corrected chi connectivity index (χ0v) is 11.3. The molecule has 0 fully saturated rings. The van der Waals surface area contributed by atoms with Gasteiger partial charge < -0.3 is 9.84 Å². The number of hydrogen-bond donors (Lipinski definition) is 1. The highest BCUT2D eigenvalue weighted by atomic mass is 16.5. The zero-order valence-electron chi connectivity index (χ0n) is 11.3. The highest BCUT2D eigenvalue weighted by Gasteiger charge is 2.15. The van der Waals surface area contributed by atoms with Gasteiger partial charge in [0.2, 0.25) is 0 Å². The number of hydrogen-bond acceptors (Lipinski definition) is 3. The Morgan fingerprint density at radius 1 is 1.32 bits per heavy atom. The highest BCUT2D eigenvalue weighted by Crippen LogP contribution is 2.21. The van der Waals surface area contributed by atoms with Crippen LogP contribution in [0.15, 0.2) is 24.3 Å². The molecule has 1 aromatic carbocycles. The summed E-state index contributed by atoms with van der Waals surface area (Å²) in [4.78, 5) is 10.7. The number of carboxylic acid groups (broad SMARTS) is 1. The highest BCUT2D eigenvalue weighted by molar-refractivity contribution is 5.87. The molecule has 0 saturated carbocycles. The lowest BCUT2D eigenvalue weighted by atomic mass is 9.89. The Morgan fingerprint density at radius 3 is 2.47 bits per heavy atom. The van der Waals surface area contributed by atoms with E-state index in [1.165, 1.54) is 12.1 Å². The van der Waals surface area contributed by atoms with Crippen molar-refractivity contribution in [3.8, 4) is 11.8 Å². The van der Waals surface area contributed by atoms with Gasteiger partial charge in [0.05, 0.1) is 23.7 Å². The fourth-order valence-corrected chi connectivity index (χ4v) is 1.61. The molecule has 4 nitrogen and oxygen atoms in total. The summed E-state index contributed by atoms with van der Waals surface area (Å²) < 4.78 is 5.51. The van der Waals surface area contributed by atoms with Crippen molar-refractivity contribution in [2.24, 2.45) is 5.41 Å². The maximum absolute atomic E-state index is 10.7. The van der Waals surface area contributed by atoms with Gasteiger partial charge in [-0.1, -0.05) is 0 Å². The quantitative estimate of drug-likeness (QED) is 0.763. The summed E-state index contributed by atoms with van der Waals surface area (Å²) in [7, 11) is 0. The molecular formula is C15H19NO3. The van der Waals surface area contributed by atoms with Crippen LogP contribution in [0.5, 0.6) is 5.75 Å². The van der Waals surface area contributed by atoms with E-state index in [-0.39, 0.29) is 11.0 Å². The predicted octanol–water partition coefficient (Wildman–Crippen LogP) is 3.48. The minimum Gasteiger partial charge on any atom is -0.494 e. The van der Waals surface area contributed by atoms with Crippen LogP contribution in [0.3, 0.4) is 0 Å². The molecule has 1 N–H and O–H groups in total. The normalized spacial score (nSPS) is 10.8. The second-order valence-electron chi connectivity index (χ2n) is 5.13. The summed E-state index contributed by atoms with van der Waals surface area (Å²) in [6.45, 7) is 4.44. The molecule has 0 aliphatic carbocycles. The Kier molecular flexibility index (Phi) is 5.37. The van der Waals surface area contributed by atoms with Gasteiger partial charge in [-0.3, -0.25) is 0 Å². The van der Waals surface area contributed by atoms with Gasteiger partial charge in [-0.25, -0.2) is 4.79 Å². The van der Waals surface area contributed by atoms with Crippen LogP contribution in [0, 0.1) is 16.7 Å². The van der Waals surface area contributed by atoms with E-state index in [9.17, 15) is 4.79 Å². The van der Waals surface area contributed by atoms with E-state index in [4.69, 9.17) is 15.1 Å². The minimum absolute atomic E-state index is 0.253. The number of ether oxygens (including phenoxy) is 1. The van der Waals surface area contributed by atoms with E-state index < -0.39 is 5.97 Å². The van der Waals surface area contributed by atoms with E-state index in [0.717, 1.165) is 19.3 Å². The number of unbranched alkanes of at least 4 members (excludes halogenated alkanes) is 1. The third-order valence-corrected chi connectivity index (χ3v) is 2.87. The molecule has 102 valence electrons. The topological polar surface area (TPSA) is 70.3 Å². The van der Waals surface area contributed by atoms with E-state index in [2.05, 4.69) is 6.07 Å². The summed E-state index contributed by atoms with van der Waals surface area (Å²) in [6.07, 6.45) is 2.67. The molecule has 0 atom stereocenters. The Bertz CT molecular complexity index is 457. The largest absolute Gasteiger partial charge is 0.494 e. The van der Waals surface area contributed by atoms with Crippen molar-refractivity contribution in [2.75, 3.05) is 6.61 Å². The van der Waals surface area contributed by atoms with Gasteiger partial charge in [-0.05, 0) is 57.4 Å². The van der Waals surface area contributed by atoms with Crippen molar-refractivity contribution in [1.29, 1.82) is 5.26 Å². The van der Waals surface area contributed by atoms with Gasteiger partial charge >= 0.3 is 5.97 Å². The first kappa shape index (κ1) is 15.0. The maximum Gasteiger partial charge on any atom is 0.335 e. The second-order valence-corrected chi connectivity index (χ2v) is 5.13. The van der Waals surface area contributed by atoms with E-state index in [0.29, 0.717) is 12.4 Å². The average molecular weight is 261 g/mol. The fraction of sp³-hybridized carbons (Fsp3) is 0.467. The third-order valence-electron chi connectivity index (χ3n) is 2.87. The number of carboxylic acids is 1. The SMILES string of the molecule is CC(C)(C#N)CCCCOc1ccc(C(=O)O)cc1. The maximum atomic E-state index is 10.7. The lowest BCUT2D eigenvalue weighted by Gasteiger charge is -2.14. The van der Waals surface area contributed by atoms with Gasteiger partial charge in [-0.15, -0.1) is 0 Å². The summed E-state index contributed by atoms with van der Waals surface area (Å²) in [6, 6.07) is 8.63. The van der Waals surface area contributed by atoms with Crippen LogP contribution in [-0.4, -0.2) is 17.7 Å². The molecule has 0 aliphatic rings. The van der Waals surface area contributed by atoms with Crippen LogP contribution >= 0.6 is 0 Å². The smallest absolute Gasteiger partial charge is 0.335 e. The molecule has 0 bridgehead atoms. The molecule has 1 aromatic rings. The number of nitriles is 1. The lowest BCUT2D eigenvalue weighted by Crippen LogP contribution is -2.08. The number of benzene rings is 1. The van der Waals surface area contributed by atoms with Gasteiger partial charge in [0.15, 0.2) is 0 Å². The molecule has 0 unspecified atom stereocenters. The molecule has 19 heavy (non-hydrogen) atoms. The molecular weight excluding hydrogens is 242 g/mol. The molecule has 0 radical (unpaired) electrons. The second kappa shape index (κ2) is 6.79. The van der Waals surface area contributed by atoms with Crippen molar-refractivity contribution in [1.82, 2.24) is 0 Å². The predicted molar refractivity (Wildman–Crippen MR) is 72.1 cm³/mol. The van der Waals surface area contributed by atoms with Crippen LogP contribution in [0.4, 0.5) is 0 Å². The monoisotopic (exact) mass is 261 g/mol. The average Bonchev–Trinajstić information content (AvgIpc) is 2.39. The summed E-state index contributed by atoms with van der Waals surface area (Å²) >= 11 is 0. The van der Waals surface area contributed by atoms with Crippen LogP contribution in [-0.2, 0) is 0 Å². The molecule has 4 heteroatoms. The summed E-state index contributed by atoms with van der Waals surface area (Å²) in [5.41, 5.74) is -0.0218. The molecule has 0 aromatic heterocycles. The fourth-order valence-electron chi connectivity index (χ4n) is 1.61. The molecule has 0 saturated heterocycles. The van der Waals surface area contributed by atoms with Crippen molar-refractivity contribution in [2.45, 2.75) is 33.1 Å². The zero-order chi connectivity index (χ0) is 14.3. The van der Waals surface area contributed by atoms with Gasteiger partial charge in [0.1, 0.15) is 5.75 Å². The van der Waals surface area contributed by atoms with Crippen molar-refractivity contribution < 1.29 is 14.6 Å². The van der Waals surface area contributed by atoms with E-state index >= 15 is 0 Å². The Balaban J connectivity index is 2.27. The van der Waals surface area contributed by atoms with Crippen molar-refractivity contribution in [3.05, 3.63) is 29.8 Å². The van der Waals surface area contributed by atoms with Crippen molar-refractivity contribution in [3.63, 3.8) is 0 Å². The molecule has 0 aliphatic heterocycles. The van der Waals surface area contributed by atoms with Crippen LogP contribution in [0.1, 0.15) is 43.5 Å². The van der Waals surface area contributed by atoms with Crippen LogP contribution < -0.4 is 4.74 Å². The Morgan fingerprint density at radius 2 is 1.95 bits per heavy atom. The molecule has 0 heterocycles. The van der Waals surface area contributed by atoms with E-state index in [1.807, 2.05) is 13.8 Å². The summed E-state index contributed by atoms with van der Waals surface area (Å²) in [5, 5.41) is 17.6. The first-order valence-electron chi connectivity index (χ1n) is 6.32. The molecule has 1 rings (SSSR count).